The molecule has 1 aromatic carbocycles. The minimum Gasteiger partial charge on any atom is -0.346 e. The lowest BCUT2D eigenvalue weighted by Gasteiger charge is -2.06. The number of hydrogen-bond donors (Lipinski definition) is 1. The van der Waals surface area contributed by atoms with E-state index in [0.717, 1.165) is 0 Å². The van der Waals surface area contributed by atoms with Crippen LogP contribution in [-0.4, -0.2) is 20.6 Å². The summed E-state index contributed by atoms with van der Waals surface area (Å²) in [6.07, 6.45) is 1.47. The molecule has 0 aliphatic carbocycles. The van der Waals surface area contributed by atoms with Crippen molar-refractivity contribution < 1.29 is 9.72 Å². The van der Waals surface area contributed by atoms with Crippen LogP contribution in [0.1, 0.15) is 16.1 Å². The summed E-state index contributed by atoms with van der Waals surface area (Å²) in [7, 11) is 1.69. The number of aromatic nitrogens is 2. The Kier molecular flexibility index (Phi) is 3.99. The molecule has 0 aliphatic heterocycles. The fourth-order valence-electron chi connectivity index (χ4n) is 1.72. The summed E-state index contributed by atoms with van der Waals surface area (Å²) in [4.78, 5) is 22.3. The number of nitrogens with zero attached hydrogens (tertiary/aromatic N) is 3. The quantitative estimate of drug-likeness (QED) is 0.689. The van der Waals surface area contributed by atoms with E-state index in [4.69, 9.17) is 11.6 Å². The van der Waals surface area contributed by atoms with Gasteiger partial charge in [0.25, 0.3) is 11.6 Å². The van der Waals surface area contributed by atoms with Crippen LogP contribution in [0.5, 0.6) is 0 Å². The Morgan fingerprint density at radius 1 is 1.50 bits per heavy atom. The van der Waals surface area contributed by atoms with Gasteiger partial charge >= 0.3 is 0 Å². The number of amides is 1. The Bertz CT molecular complexity index is 649. The molecule has 0 saturated heterocycles. The van der Waals surface area contributed by atoms with Gasteiger partial charge in [0.05, 0.1) is 28.4 Å². The van der Waals surface area contributed by atoms with Gasteiger partial charge in [-0.05, 0) is 6.07 Å². The Labute approximate surface area is 119 Å². The van der Waals surface area contributed by atoms with Gasteiger partial charge in [-0.3, -0.25) is 19.6 Å². The molecule has 0 bridgehead atoms. The van der Waals surface area contributed by atoms with E-state index < -0.39 is 10.8 Å². The number of benzene rings is 1. The van der Waals surface area contributed by atoms with E-state index in [1.807, 2.05) is 0 Å². The SMILES string of the molecule is Cn1ncc(Cl)c1CNC(=O)c1ccccc1[N+](=O)[O-]. The molecule has 0 atom stereocenters. The van der Waals surface area contributed by atoms with Gasteiger partial charge in [0.1, 0.15) is 5.56 Å². The van der Waals surface area contributed by atoms with Crippen molar-refractivity contribution in [1.82, 2.24) is 15.1 Å². The van der Waals surface area contributed by atoms with Gasteiger partial charge in [-0.25, -0.2) is 0 Å². The fraction of sp³-hybridized carbons (Fsp3) is 0.167. The van der Waals surface area contributed by atoms with E-state index in [1.165, 1.54) is 29.1 Å². The molecule has 7 nitrogen and oxygen atoms in total. The maximum Gasteiger partial charge on any atom is 0.282 e. The summed E-state index contributed by atoms with van der Waals surface area (Å²) in [5, 5.41) is 17.8. The zero-order valence-electron chi connectivity index (χ0n) is 10.5. The molecule has 0 unspecified atom stereocenters. The number of rotatable bonds is 4. The second-order valence-electron chi connectivity index (χ2n) is 4.02. The normalized spacial score (nSPS) is 10.3. The number of para-hydroxylation sites is 1. The van der Waals surface area contributed by atoms with Gasteiger partial charge in [0.15, 0.2) is 0 Å². The average Bonchev–Trinajstić information content (AvgIpc) is 2.75. The van der Waals surface area contributed by atoms with Crippen molar-refractivity contribution in [3.05, 3.63) is 56.9 Å². The lowest BCUT2D eigenvalue weighted by atomic mass is 10.1. The number of hydrogen-bond acceptors (Lipinski definition) is 4. The van der Waals surface area contributed by atoms with Crippen LogP contribution in [0, 0.1) is 10.1 Å². The van der Waals surface area contributed by atoms with Crippen molar-refractivity contribution in [3.63, 3.8) is 0 Å². The number of nitro groups is 1. The monoisotopic (exact) mass is 294 g/mol. The fourth-order valence-corrected chi connectivity index (χ4v) is 1.95. The highest BCUT2D eigenvalue weighted by atomic mass is 35.5. The predicted molar refractivity (Wildman–Crippen MR) is 72.5 cm³/mol. The van der Waals surface area contributed by atoms with Crippen LogP contribution >= 0.6 is 11.6 Å². The molecule has 0 saturated carbocycles. The molecule has 2 aromatic rings. The van der Waals surface area contributed by atoms with Crippen molar-refractivity contribution in [2.75, 3.05) is 0 Å². The maximum atomic E-state index is 12.0. The van der Waals surface area contributed by atoms with Crippen LogP contribution in [-0.2, 0) is 13.6 Å². The van der Waals surface area contributed by atoms with Crippen molar-refractivity contribution in [1.29, 1.82) is 0 Å². The molecule has 1 aromatic heterocycles. The number of nitrogens with one attached hydrogen (secondary N) is 1. The third kappa shape index (κ3) is 2.77. The van der Waals surface area contributed by atoms with Crippen LogP contribution < -0.4 is 5.32 Å². The van der Waals surface area contributed by atoms with Gasteiger partial charge in [0.2, 0.25) is 0 Å². The number of halogens is 1. The van der Waals surface area contributed by atoms with Crippen molar-refractivity contribution >= 4 is 23.2 Å². The molecule has 1 N–H and O–H groups in total. The highest BCUT2D eigenvalue weighted by Gasteiger charge is 2.19. The first kappa shape index (κ1) is 14.0. The van der Waals surface area contributed by atoms with Crippen LogP contribution in [0.15, 0.2) is 30.5 Å². The number of aryl methyl sites for hydroxylation is 1. The summed E-state index contributed by atoms with van der Waals surface area (Å²) in [6.45, 7) is 0.139. The van der Waals surface area contributed by atoms with Crippen LogP contribution in [0.25, 0.3) is 0 Å². The van der Waals surface area contributed by atoms with Gasteiger partial charge < -0.3 is 5.32 Å². The molecule has 0 fully saturated rings. The van der Waals surface area contributed by atoms with Gasteiger partial charge in [-0.1, -0.05) is 23.7 Å². The first-order valence-electron chi connectivity index (χ1n) is 5.68. The minimum absolute atomic E-state index is 0.00999. The predicted octanol–water partition coefficient (Wildman–Crippen LogP) is 1.91. The van der Waals surface area contributed by atoms with E-state index in [9.17, 15) is 14.9 Å². The number of carbonyl (C=O) groups is 1. The molecular weight excluding hydrogens is 284 g/mol. The second kappa shape index (κ2) is 5.70. The Morgan fingerprint density at radius 2 is 2.20 bits per heavy atom. The van der Waals surface area contributed by atoms with E-state index in [0.29, 0.717) is 10.7 Å². The van der Waals surface area contributed by atoms with Crippen molar-refractivity contribution in [3.8, 4) is 0 Å². The first-order valence-corrected chi connectivity index (χ1v) is 6.06. The lowest BCUT2D eigenvalue weighted by Crippen LogP contribution is -2.25. The zero-order valence-corrected chi connectivity index (χ0v) is 11.3. The smallest absolute Gasteiger partial charge is 0.282 e. The van der Waals surface area contributed by atoms with Crippen molar-refractivity contribution in [2.24, 2.45) is 7.05 Å². The highest BCUT2D eigenvalue weighted by molar-refractivity contribution is 6.31. The lowest BCUT2D eigenvalue weighted by molar-refractivity contribution is -0.385. The third-order valence-electron chi connectivity index (χ3n) is 2.77. The van der Waals surface area contributed by atoms with Gasteiger partial charge in [-0.15, -0.1) is 0 Å². The number of nitro benzene ring substituents is 1. The first-order chi connectivity index (χ1) is 9.50. The topological polar surface area (TPSA) is 90.1 Å². The summed E-state index contributed by atoms with van der Waals surface area (Å²) >= 11 is 5.91. The maximum absolute atomic E-state index is 12.0. The van der Waals surface area contributed by atoms with E-state index >= 15 is 0 Å². The number of carbonyl (C=O) groups excluding carboxylic acids is 1. The summed E-state index contributed by atoms with van der Waals surface area (Å²) in [6, 6.07) is 5.76. The van der Waals surface area contributed by atoms with Crippen LogP contribution in [0.4, 0.5) is 5.69 Å². The van der Waals surface area contributed by atoms with Crippen LogP contribution in [0.3, 0.4) is 0 Å². The molecule has 8 heteroatoms. The van der Waals surface area contributed by atoms with Crippen LogP contribution in [0.2, 0.25) is 5.02 Å². The molecule has 1 heterocycles. The third-order valence-corrected chi connectivity index (χ3v) is 3.09. The molecule has 1 amide bonds. The molecule has 0 radical (unpaired) electrons. The average molecular weight is 295 g/mol. The van der Waals surface area contributed by atoms with Gasteiger partial charge in [0, 0.05) is 13.1 Å². The minimum atomic E-state index is -0.591. The Morgan fingerprint density at radius 3 is 2.80 bits per heavy atom. The van der Waals surface area contributed by atoms with E-state index in [-0.39, 0.29) is 17.8 Å². The highest BCUT2D eigenvalue weighted by Crippen LogP contribution is 2.18. The Balaban J connectivity index is 2.16. The van der Waals surface area contributed by atoms with Crippen molar-refractivity contribution in [2.45, 2.75) is 6.54 Å². The molecule has 104 valence electrons. The summed E-state index contributed by atoms with van der Waals surface area (Å²) in [5.41, 5.74) is 0.399. The second-order valence-corrected chi connectivity index (χ2v) is 4.43. The Hall–Kier alpha value is -2.41. The largest absolute Gasteiger partial charge is 0.346 e. The standard InChI is InChI=1S/C12H11ClN4O3/c1-16-11(9(13)6-15-16)7-14-12(18)8-4-2-3-5-10(8)17(19)20/h2-6H,7H2,1H3,(H,14,18). The van der Waals surface area contributed by atoms with E-state index in [1.54, 1.807) is 13.1 Å². The summed E-state index contributed by atoms with van der Waals surface area (Å²) < 4.78 is 1.53. The zero-order chi connectivity index (χ0) is 14.7. The molecular formula is C12H11ClN4O3. The summed E-state index contributed by atoms with van der Waals surface area (Å²) in [5.74, 6) is -0.533. The molecule has 2 rings (SSSR count). The van der Waals surface area contributed by atoms with E-state index in [2.05, 4.69) is 10.4 Å². The molecule has 0 aliphatic rings. The molecule has 0 spiro atoms. The molecule has 20 heavy (non-hydrogen) atoms. The van der Waals surface area contributed by atoms with Gasteiger partial charge in [-0.2, -0.15) is 5.10 Å².